The molecule has 4 rings (SSSR count). The molecule has 1 aromatic carbocycles. The minimum Gasteiger partial charge on any atom is -0.344 e. The highest BCUT2D eigenvalue weighted by atomic mass is 19.1. The maximum Gasteiger partial charge on any atom is 0.242 e. The van der Waals surface area contributed by atoms with Gasteiger partial charge in [0.25, 0.3) is 0 Å². The second-order valence-corrected chi connectivity index (χ2v) is 9.75. The van der Waals surface area contributed by atoms with E-state index in [9.17, 15) is 18.8 Å². The van der Waals surface area contributed by atoms with E-state index in [-0.39, 0.29) is 48.0 Å². The van der Waals surface area contributed by atoms with Crippen LogP contribution in [-0.4, -0.2) is 53.7 Å². The van der Waals surface area contributed by atoms with Crippen molar-refractivity contribution in [1.82, 2.24) is 20.7 Å². The zero-order valence-electron chi connectivity index (χ0n) is 19.4. The summed E-state index contributed by atoms with van der Waals surface area (Å²) in [6.45, 7) is 0.491. The molecule has 3 amide bonds. The number of rotatable bonds is 9. The molecule has 0 radical (unpaired) electrons. The third-order valence-electron chi connectivity index (χ3n) is 7.43. The monoisotopic (exact) mass is 458 g/mol. The number of imide groups is 1. The molecule has 2 heterocycles. The summed E-state index contributed by atoms with van der Waals surface area (Å²) < 4.78 is 13.4. The molecule has 180 valence electrons. The van der Waals surface area contributed by atoms with Gasteiger partial charge in [-0.3, -0.25) is 30.1 Å². The largest absolute Gasteiger partial charge is 0.344 e. The number of likely N-dealkylation sites (tertiary alicyclic amines) is 1. The van der Waals surface area contributed by atoms with Gasteiger partial charge in [0, 0.05) is 25.7 Å². The first kappa shape index (κ1) is 23.8. The Morgan fingerprint density at radius 2 is 1.82 bits per heavy atom. The van der Waals surface area contributed by atoms with E-state index in [4.69, 9.17) is 0 Å². The molecular formula is C25H35FN4O3. The molecule has 2 saturated heterocycles. The molecule has 1 saturated carbocycles. The van der Waals surface area contributed by atoms with Crippen LogP contribution in [0, 0.1) is 17.7 Å². The van der Waals surface area contributed by atoms with Crippen molar-refractivity contribution < 1.29 is 18.8 Å². The molecule has 0 bridgehead atoms. The number of benzene rings is 1. The van der Waals surface area contributed by atoms with E-state index in [1.165, 1.54) is 11.0 Å². The van der Waals surface area contributed by atoms with Crippen LogP contribution in [0.25, 0.3) is 0 Å². The minimum atomic E-state index is -0.215. The van der Waals surface area contributed by atoms with Crippen molar-refractivity contribution in [2.24, 2.45) is 11.8 Å². The van der Waals surface area contributed by atoms with Crippen molar-refractivity contribution in [3.05, 3.63) is 35.6 Å². The summed E-state index contributed by atoms with van der Waals surface area (Å²) in [7, 11) is 1.74. The molecular weight excluding hydrogens is 423 g/mol. The van der Waals surface area contributed by atoms with Crippen molar-refractivity contribution in [1.29, 1.82) is 0 Å². The zero-order chi connectivity index (χ0) is 23.4. The molecule has 0 spiro atoms. The van der Waals surface area contributed by atoms with E-state index in [0.29, 0.717) is 12.6 Å². The average Bonchev–Trinajstić information content (AvgIpc) is 3.38. The fourth-order valence-corrected chi connectivity index (χ4v) is 5.44. The van der Waals surface area contributed by atoms with E-state index in [0.717, 1.165) is 63.4 Å². The summed E-state index contributed by atoms with van der Waals surface area (Å²) in [5, 5.41) is 0. The van der Waals surface area contributed by atoms with Crippen LogP contribution < -0.4 is 10.9 Å². The Balaban J connectivity index is 1.12. The van der Waals surface area contributed by atoms with Crippen LogP contribution in [0.1, 0.15) is 69.4 Å². The third kappa shape index (κ3) is 5.61. The van der Waals surface area contributed by atoms with Gasteiger partial charge in [0.2, 0.25) is 17.7 Å². The number of nitrogens with zero attached hydrogens (tertiary/aromatic N) is 2. The van der Waals surface area contributed by atoms with Crippen LogP contribution in [-0.2, 0) is 14.4 Å². The van der Waals surface area contributed by atoms with Crippen molar-refractivity contribution in [3.8, 4) is 0 Å². The summed E-state index contributed by atoms with van der Waals surface area (Å²) in [6.07, 6.45) is 8.34. The van der Waals surface area contributed by atoms with Crippen LogP contribution in [0.5, 0.6) is 0 Å². The summed E-state index contributed by atoms with van der Waals surface area (Å²) in [6, 6.07) is 7.17. The predicted octanol–water partition coefficient (Wildman–Crippen LogP) is 2.93. The van der Waals surface area contributed by atoms with Crippen molar-refractivity contribution in [3.63, 3.8) is 0 Å². The Bertz CT molecular complexity index is 855. The highest BCUT2D eigenvalue weighted by molar-refractivity contribution is 6.07. The topological polar surface area (TPSA) is 81.8 Å². The van der Waals surface area contributed by atoms with Gasteiger partial charge in [-0.15, -0.1) is 0 Å². The number of nitrogens with one attached hydrogen (secondary N) is 2. The van der Waals surface area contributed by atoms with Gasteiger partial charge in [-0.2, -0.15) is 0 Å². The number of hydrogen-bond donors (Lipinski definition) is 2. The third-order valence-corrected chi connectivity index (χ3v) is 7.43. The number of carbonyl (C=O) groups is 3. The van der Waals surface area contributed by atoms with Gasteiger partial charge in [0.1, 0.15) is 12.4 Å². The molecule has 1 aliphatic carbocycles. The fourth-order valence-electron chi connectivity index (χ4n) is 5.44. The van der Waals surface area contributed by atoms with Gasteiger partial charge in [0.15, 0.2) is 0 Å². The molecule has 33 heavy (non-hydrogen) atoms. The number of amides is 3. The van der Waals surface area contributed by atoms with E-state index in [1.807, 2.05) is 6.07 Å². The molecule has 8 heteroatoms. The fraction of sp³-hybridized carbons (Fsp3) is 0.640. The van der Waals surface area contributed by atoms with E-state index in [2.05, 4.69) is 10.9 Å². The summed E-state index contributed by atoms with van der Waals surface area (Å²) in [4.78, 5) is 40.6. The number of hydrazine groups is 1. The number of unbranched alkanes of at least 4 members (excludes halogenated alkanes) is 2. The van der Waals surface area contributed by atoms with E-state index >= 15 is 0 Å². The number of halogens is 1. The normalized spacial score (nSPS) is 27.2. The molecule has 3 fully saturated rings. The van der Waals surface area contributed by atoms with Crippen LogP contribution in [0.15, 0.2) is 24.3 Å². The molecule has 2 N–H and O–H groups in total. The molecule has 4 atom stereocenters. The Labute approximate surface area is 195 Å². The van der Waals surface area contributed by atoms with Gasteiger partial charge in [0.05, 0.1) is 11.8 Å². The van der Waals surface area contributed by atoms with E-state index < -0.39 is 0 Å². The first-order valence-electron chi connectivity index (χ1n) is 12.3. The van der Waals surface area contributed by atoms with Crippen LogP contribution >= 0.6 is 0 Å². The van der Waals surface area contributed by atoms with Crippen LogP contribution in [0.3, 0.4) is 0 Å². The maximum atomic E-state index is 13.4. The molecule has 2 aliphatic heterocycles. The second-order valence-electron chi connectivity index (χ2n) is 9.75. The van der Waals surface area contributed by atoms with Crippen LogP contribution in [0.4, 0.5) is 4.39 Å². The highest BCUT2D eigenvalue weighted by Crippen LogP contribution is 2.37. The number of likely N-dealkylation sites (N-methyl/N-ethyl adjacent to an activating group) is 1. The highest BCUT2D eigenvalue weighted by Gasteiger charge is 2.48. The molecule has 0 aromatic heterocycles. The second kappa shape index (κ2) is 10.7. The summed E-state index contributed by atoms with van der Waals surface area (Å²) in [5.41, 5.74) is 7.52. The van der Waals surface area contributed by atoms with Gasteiger partial charge in [-0.1, -0.05) is 37.8 Å². The summed E-state index contributed by atoms with van der Waals surface area (Å²) >= 11 is 0. The van der Waals surface area contributed by atoms with Gasteiger partial charge in [-0.25, -0.2) is 4.39 Å². The summed E-state index contributed by atoms with van der Waals surface area (Å²) in [5.74, 6) is -1.10. The number of carbonyl (C=O) groups excluding carboxylic acids is 3. The quantitative estimate of drug-likeness (QED) is 0.439. The first-order chi connectivity index (χ1) is 15.9. The van der Waals surface area contributed by atoms with Crippen molar-refractivity contribution in [2.75, 3.05) is 20.1 Å². The average molecular weight is 459 g/mol. The lowest BCUT2D eigenvalue weighted by molar-refractivity contribution is -0.146. The Morgan fingerprint density at radius 3 is 2.52 bits per heavy atom. The van der Waals surface area contributed by atoms with E-state index in [1.54, 1.807) is 24.1 Å². The van der Waals surface area contributed by atoms with Crippen molar-refractivity contribution in [2.45, 2.75) is 69.9 Å². The zero-order valence-corrected chi connectivity index (χ0v) is 19.4. The number of hydrogen-bond acceptors (Lipinski definition) is 5. The Kier molecular flexibility index (Phi) is 7.75. The molecule has 4 unspecified atom stereocenters. The SMILES string of the molecule is CN(CCCCCC1CC(c2cccc(F)c2)NN1)C(=O)CN1C(=O)C2CCCCC2C1=O. The molecule has 1 aromatic rings. The Hall–Kier alpha value is -2.32. The van der Waals surface area contributed by atoms with Gasteiger partial charge in [-0.05, 0) is 49.8 Å². The lowest BCUT2D eigenvalue weighted by Gasteiger charge is -2.21. The van der Waals surface area contributed by atoms with Crippen molar-refractivity contribution >= 4 is 17.7 Å². The van der Waals surface area contributed by atoms with Crippen LogP contribution in [0.2, 0.25) is 0 Å². The minimum absolute atomic E-state index is 0.120. The molecule has 7 nitrogen and oxygen atoms in total. The smallest absolute Gasteiger partial charge is 0.242 e. The standard InChI is InChI=1S/C25H35FN4O3/c1-29(23(31)16-30-24(32)20-11-4-5-12-21(20)25(30)33)13-6-2-3-10-19-15-22(28-27-19)17-8-7-9-18(26)14-17/h7-9,14,19-22,27-28H,2-6,10-13,15-16H2,1H3. The predicted molar refractivity (Wildman–Crippen MR) is 122 cm³/mol. The number of fused-ring (bicyclic) bond motifs is 1. The lowest BCUT2D eigenvalue weighted by Crippen LogP contribution is -2.42. The maximum absolute atomic E-state index is 13.4. The lowest BCUT2D eigenvalue weighted by atomic mass is 9.81. The molecule has 3 aliphatic rings. The van der Waals surface area contributed by atoms with Gasteiger partial charge < -0.3 is 4.90 Å². The van der Waals surface area contributed by atoms with Gasteiger partial charge >= 0.3 is 0 Å². The first-order valence-corrected chi connectivity index (χ1v) is 12.3. The Morgan fingerprint density at radius 1 is 1.09 bits per heavy atom.